The number of urea groups is 1. The highest BCUT2D eigenvalue weighted by Crippen LogP contribution is 2.39. The monoisotopic (exact) mass is 431 g/mol. The molecule has 0 bridgehead atoms. The van der Waals surface area contributed by atoms with E-state index in [1.54, 1.807) is 4.90 Å². The average Bonchev–Trinajstić information content (AvgIpc) is 2.73. The molecule has 2 aromatic carbocycles. The summed E-state index contributed by atoms with van der Waals surface area (Å²) in [6.07, 6.45) is 3.39. The minimum absolute atomic E-state index is 0.0779. The lowest BCUT2D eigenvalue weighted by Crippen LogP contribution is -2.43. The Labute approximate surface area is 183 Å². The third-order valence-electron chi connectivity index (χ3n) is 6.07. The third kappa shape index (κ3) is 4.25. The quantitative estimate of drug-likeness (QED) is 0.617. The highest BCUT2D eigenvalue weighted by Gasteiger charge is 2.28. The first kappa shape index (κ1) is 20.5. The van der Waals surface area contributed by atoms with Crippen molar-refractivity contribution in [2.45, 2.75) is 31.7 Å². The lowest BCUT2D eigenvalue weighted by Gasteiger charge is -2.34. The van der Waals surface area contributed by atoms with E-state index in [1.807, 2.05) is 36.2 Å². The molecule has 6 heteroatoms. The van der Waals surface area contributed by atoms with Crippen molar-refractivity contribution < 1.29 is 4.79 Å². The topological polar surface area (TPSA) is 26.8 Å². The summed E-state index contributed by atoms with van der Waals surface area (Å²) < 4.78 is 0. The van der Waals surface area contributed by atoms with E-state index >= 15 is 0 Å². The van der Waals surface area contributed by atoms with Crippen LogP contribution in [-0.4, -0.2) is 49.6 Å². The van der Waals surface area contributed by atoms with Crippen LogP contribution in [0, 0.1) is 0 Å². The summed E-state index contributed by atoms with van der Waals surface area (Å²) in [5.41, 5.74) is 4.41. The second-order valence-electron chi connectivity index (χ2n) is 8.19. The molecule has 1 saturated heterocycles. The molecule has 2 aromatic rings. The number of fused-ring (bicyclic) bond motifs is 1. The van der Waals surface area contributed by atoms with Crippen LogP contribution in [-0.2, 0) is 6.54 Å². The number of likely N-dealkylation sites (N-methyl/N-ethyl adjacent to an activating group) is 1. The molecule has 2 aliphatic heterocycles. The Morgan fingerprint density at radius 3 is 2.62 bits per heavy atom. The summed E-state index contributed by atoms with van der Waals surface area (Å²) in [4.78, 5) is 18.9. The third-order valence-corrected chi connectivity index (χ3v) is 6.62. The van der Waals surface area contributed by atoms with Gasteiger partial charge in [0.15, 0.2) is 0 Å². The number of rotatable bonds is 2. The molecule has 1 atom stereocenters. The van der Waals surface area contributed by atoms with Crippen LogP contribution in [0.4, 0.5) is 10.5 Å². The van der Waals surface area contributed by atoms with Crippen LogP contribution in [0.2, 0.25) is 10.0 Å². The van der Waals surface area contributed by atoms with Crippen molar-refractivity contribution in [3.63, 3.8) is 0 Å². The van der Waals surface area contributed by atoms with Crippen LogP contribution < -0.4 is 4.90 Å². The number of hydrogen-bond donors (Lipinski definition) is 0. The number of anilines is 1. The number of carbonyl (C=O) groups excluding carboxylic acids is 1. The van der Waals surface area contributed by atoms with Gasteiger partial charge >= 0.3 is 6.03 Å². The molecule has 0 aliphatic carbocycles. The van der Waals surface area contributed by atoms with Gasteiger partial charge in [0.2, 0.25) is 0 Å². The molecule has 0 N–H and O–H groups in total. The predicted molar refractivity (Wildman–Crippen MR) is 120 cm³/mol. The maximum atomic E-state index is 12.9. The standard InChI is InChI=1S/C23H27Cl2N3O/c1-26-14-20(19-12-17(24)13-22(25)21(19)15-26)16-7-6-8-18(11-16)27(2)23(29)28-9-4-3-5-10-28/h6-8,11-13,20H,3-5,9-10,14-15H2,1-2H3. The van der Waals surface area contributed by atoms with Gasteiger partial charge in [-0.3, -0.25) is 4.90 Å². The minimum atomic E-state index is 0.0779. The Morgan fingerprint density at radius 2 is 1.86 bits per heavy atom. The zero-order valence-corrected chi connectivity index (χ0v) is 18.5. The molecule has 0 aromatic heterocycles. The van der Waals surface area contributed by atoms with Gasteiger partial charge in [-0.2, -0.15) is 0 Å². The molecule has 1 unspecified atom stereocenters. The van der Waals surface area contributed by atoms with E-state index in [-0.39, 0.29) is 11.9 Å². The smallest absolute Gasteiger partial charge is 0.324 e. The van der Waals surface area contributed by atoms with Crippen molar-refractivity contribution in [2.24, 2.45) is 0 Å². The van der Waals surface area contributed by atoms with Crippen molar-refractivity contribution in [3.05, 3.63) is 63.1 Å². The van der Waals surface area contributed by atoms with Crippen LogP contribution in [0.15, 0.2) is 36.4 Å². The van der Waals surface area contributed by atoms with E-state index in [2.05, 4.69) is 24.1 Å². The number of benzene rings is 2. The number of amides is 2. The molecule has 4 nitrogen and oxygen atoms in total. The summed E-state index contributed by atoms with van der Waals surface area (Å²) in [6, 6.07) is 12.2. The minimum Gasteiger partial charge on any atom is -0.324 e. The molecule has 2 heterocycles. The second kappa shape index (κ2) is 8.55. The summed E-state index contributed by atoms with van der Waals surface area (Å²) in [6.45, 7) is 3.40. The van der Waals surface area contributed by atoms with Gasteiger partial charge in [0.05, 0.1) is 0 Å². The molecule has 2 aliphatic rings. The Morgan fingerprint density at radius 1 is 1.10 bits per heavy atom. The predicted octanol–water partition coefficient (Wildman–Crippen LogP) is 5.61. The van der Waals surface area contributed by atoms with Crippen LogP contribution in [0.3, 0.4) is 0 Å². The number of piperidine rings is 1. The highest BCUT2D eigenvalue weighted by atomic mass is 35.5. The number of nitrogens with zero attached hydrogens (tertiary/aromatic N) is 3. The first-order chi connectivity index (χ1) is 13.9. The second-order valence-corrected chi connectivity index (χ2v) is 9.03. The van der Waals surface area contributed by atoms with Gasteiger partial charge in [-0.1, -0.05) is 35.3 Å². The summed E-state index contributed by atoms with van der Waals surface area (Å²) >= 11 is 12.8. The first-order valence-corrected chi connectivity index (χ1v) is 11.0. The van der Waals surface area contributed by atoms with E-state index in [0.717, 1.165) is 55.3 Å². The van der Waals surface area contributed by atoms with E-state index in [0.29, 0.717) is 5.02 Å². The number of carbonyl (C=O) groups is 1. The van der Waals surface area contributed by atoms with Crippen molar-refractivity contribution in [3.8, 4) is 0 Å². The van der Waals surface area contributed by atoms with Crippen LogP contribution in [0.25, 0.3) is 0 Å². The molecular weight excluding hydrogens is 405 g/mol. The molecule has 0 spiro atoms. The maximum absolute atomic E-state index is 12.9. The number of halogens is 2. The molecule has 4 rings (SSSR count). The van der Waals surface area contributed by atoms with E-state index in [9.17, 15) is 4.79 Å². The fourth-order valence-corrected chi connectivity index (χ4v) is 5.06. The van der Waals surface area contributed by atoms with E-state index < -0.39 is 0 Å². The van der Waals surface area contributed by atoms with Crippen LogP contribution in [0.1, 0.15) is 41.9 Å². The van der Waals surface area contributed by atoms with Gasteiger partial charge < -0.3 is 9.80 Å². The van der Waals surface area contributed by atoms with Crippen LogP contribution >= 0.6 is 23.2 Å². The highest BCUT2D eigenvalue weighted by molar-refractivity contribution is 6.35. The van der Waals surface area contributed by atoms with Crippen molar-refractivity contribution >= 4 is 34.9 Å². The molecular formula is C23H27Cl2N3O. The summed E-state index contributed by atoms with van der Waals surface area (Å²) in [5.74, 6) is 0.165. The maximum Gasteiger partial charge on any atom is 0.324 e. The molecule has 0 saturated carbocycles. The lowest BCUT2D eigenvalue weighted by molar-refractivity contribution is 0.194. The molecule has 0 radical (unpaired) electrons. The van der Waals surface area contributed by atoms with Gasteiger partial charge in [0.25, 0.3) is 0 Å². The Kier molecular flexibility index (Phi) is 6.05. The molecule has 2 amide bonds. The van der Waals surface area contributed by atoms with Crippen molar-refractivity contribution in [2.75, 3.05) is 38.6 Å². The Hall–Kier alpha value is -1.75. The SMILES string of the molecule is CN1Cc2c(Cl)cc(Cl)cc2C(c2cccc(N(C)C(=O)N3CCCCC3)c2)C1. The van der Waals surface area contributed by atoms with E-state index in [1.165, 1.54) is 17.5 Å². The molecule has 1 fully saturated rings. The number of hydrogen-bond acceptors (Lipinski definition) is 2. The Balaban J connectivity index is 1.65. The summed E-state index contributed by atoms with van der Waals surface area (Å²) in [7, 11) is 3.97. The van der Waals surface area contributed by atoms with Gasteiger partial charge in [-0.25, -0.2) is 4.79 Å². The Bertz CT molecular complexity index is 911. The normalized spacial score (nSPS) is 19.7. The van der Waals surface area contributed by atoms with E-state index in [4.69, 9.17) is 23.2 Å². The van der Waals surface area contributed by atoms with Gasteiger partial charge in [0, 0.05) is 54.9 Å². The number of likely N-dealkylation sites (tertiary alicyclic amines) is 1. The average molecular weight is 432 g/mol. The fraction of sp³-hybridized carbons (Fsp3) is 0.435. The van der Waals surface area contributed by atoms with Crippen LogP contribution in [0.5, 0.6) is 0 Å². The van der Waals surface area contributed by atoms with Gasteiger partial charge in [-0.05, 0) is 67.3 Å². The van der Waals surface area contributed by atoms with Crippen molar-refractivity contribution in [1.82, 2.24) is 9.80 Å². The van der Waals surface area contributed by atoms with Crippen molar-refractivity contribution in [1.29, 1.82) is 0 Å². The fourth-order valence-electron chi connectivity index (χ4n) is 4.49. The lowest BCUT2D eigenvalue weighted by atomic mass is 9.84. The molecule has 154 valence electrons. The first-order valence-electron chi connectivity index (χ1n) is 10.2. The summed E-state index contributed by atoms with van der Waals surface area (Å²) in [5, 5.41) is 1.38. The molecule has 29 heavy (non-hydrogen) atoms. The zero-order valence-electron chi connectivity index (χ0n) is 17.0. The zero-order chi connectivity index (χ0) is 20.5. The van der Waals surface area contributed by atoms with Gasteiger partial charge in [-0.15, -0.1) is 0 Å². The van der Waals surface area contributed by atoms with Gasteiger partial charge in [0.1, 0.15) is 0 Å². The largest absolute Gasteiger partial charge is 0.324 e.